The first kappa shape index (κ1) is 12.7. The Morgan fingerprint density at radius 1 is 1.40 bits per heavy atom. The zero-order valence-electron chi connectivity index (χ0n) is 10.7. The number of thiazole rings is 1. The van der Waals surface area contributed by atoms with Gasteiger partial charge in [-0.25, -0.2) is 0 Å². The van der Waals surface area contributed by atoms with Crippen molar-refractivity contribution in [2.24, 2.45) is 4.99 Å². The van der Waals surface area contributed by atoms with Crippen molar-refractivity contribution in [3.8, 4) is 0 Å². The molecule has 7 heteroatoms. The molecule has 0 aliphatic carbocycles. The highest BCUT2D eigenvalue weighted by Gasteiger charge is 2.12. The summed E-state index contributed by atoms with van der Waals surface area (Å²) in [7, 11) is 0. The predicted molar refractivity (Wildman–Crippen MR) is 75.5 cm³/mol. The number of benzene rings is 1. The lowest BCUT2D eigenvalue weighted by Gasteiger charge is -1.99. The van der Waals surface area contributed by atoms with Crippen LogP contribution in [-0.4, -0.2) is 16.0 Å². The van der Waals surface area contributed by atoms with E-state index in [0.717, 1.165) is 15.9 Å². The van der Waals surface area contributed by atoms with Gasteiger partial charge in [0, 0.05) is 18.7 Å². The van der Waals surface area contributed by atoms with E-state index in [0.29, 0.717) is 17.6 Å². The van der Waals surface area contributed by atoms with Crippen LogP contribution >= 0.6 is 11.3 Å². The minimum absolute atomic E-state index is 0.0258. The maximum Gasteiger partial charge on any atom is 0.270 e. The molecule has 0 bridgehead atoms. The minimum Gasteiger partial charge on any atom is -0.282 e. The highest BCUT2D eigenvalue weighted by molar-refractivity contribution is 7.07. The monoisotopic (exact) mass is 289 g/mol. The molecule has 0 amide bonds. The van der Waals surface area contributed by atoms with Gasteiger partial charge in [-0.05, 0) is 30.2 Å². The van der Waals surface area contributed by atoms with Gasteiger partial charge < -0.3 is 0 Å². The highest BCUT2D eigenvalue weighted by atomic mass is 32.1. The van der Waals surface area contributed by atoms with E-state index in [9.17, 15) is 14.9 Å². The van der Waals surface area contributed by atoms with Gasteiger partial charge in [0.25, 0.3) is 11.2 Å². The number of nitro groups is 1. The molecular weight excluding hydrogens is 278 g/mol. The molecule has 0 saturated carbocycles. The van der Waals surface area contributed by atoms with Gasteiger partial charge in [0.1, 0.15) is 0 Å². The van der Waals surface area contributed by atoms with Crippen LogP contribution in [0.25, 0.3) is 5.57 Å². The van der Waals surface area contributed by atoms with Gasteiger partial charge in [0.05, 0.1) is 16.0 Å². The fraction of sp³-hybridized carbons (Fsp3) is 0.231. The van der Waals surface area contributed by atoms with Crippen molar-refractivity contribution in [2.75, 3.05) is 6.54 Å². The largest absolute Gasteiger partial charge is 0.282 e. The van der Waals surface area contributed by atoms with Gasteiger partial charge in [0.2, 0.25) is 0 Å². The minimum atomic E-state index is -0.438. The van der Waals surface area contributed by atoms with Gasteiger partial charge in [-0.15, -0.1) is 0 Å². The van der Waals surface area contributed by atoms with E-state index in [1.807, 2.05) is 6.92 Å². The van der Waals surface area contributed by atoms with E-state index in [2.05, 4.69) is 4.99 Å². The first-order valence-corrected chi connectivity index (χ1v) is 6.89. The molecule has 3 rings (SSSR count). The van der Waals surface area contributed by atoms with Gasteiger partial charge in [0.15, 0.2) is 4.80 Å². The Labute approximate surface area is 117 Å². The quantitative estimate of drug-likeness (QED) is 0.602. The molecule has 0 N–H and O–H groups in total. The third-order valence-corrected chi connectivity index (χ3v) is 4.50. The molecule has 1 aliphatic rings. The molecule has 1 aromatic carbocycles. The van der Waals surface area contributed by atoms with Crippen LogP contribution in [0.3, 0.4) is 0 Å². The average molecular weight is 289 g/mol. The van der Waals surface area contributed by atoms with E-state index < -0.39 is 4.92 Å². The lowest BCUT2D eigenvalue weighted by Crippen LogP contribution is -2.30. The van der Waals surface area contributed by atoms with Crippen molar-refractivity contribution >= 4 is 22.6 Å². The summed E-state index contributed by atoms with van der Waals surface area (Å²) in [5.74, 6) is 0. The zero-order valence-corrected chi connectivity index (χ0v) is 11.5. The third kappa shape index (κ3) is 1.96. The Morgan fingerprint density at radius 2 is 2.10 bits per heavy atom. The molecule has 0 unspecified atom stereocenters. The molecule has 2 heterocycles. The number of nitrogens with zero attached hydrogens (tertiary/aromatic N) is 3. The number of nitro benzene ring substituents is 1. The molecule has 20 heavy (non-hydrogen) atoms. The van der Waals surface area contributed by atoms with Crippen LogP contribution in [0.5, 0.6) is 0 Å². The molecule has 1 aliphatic heterocycles. The summed E-state index contributed by atoms with van der Waals surface area (Å²) in [4.78, 5) is 27.5. The first-order chi connectivity index (χ1) is 9.58. The van der Waals surface area contributed by atoms with E-state index in [4.69, 9.17) is 0 Å². The Balaban J connectivity index is 2.17. The summed E-state index contributed by atoms with van der Waals surface area (Å²) in [6.07, 6.45) is 0. The molecule has 0 fully saturated rings. The van der Waals surface area contributed by atoms with Gasteiger partial charge in [-0.1, -0.05) is 11.3 Å². The molecule has 102 valence electrons. The summed E-state index contributed by atoms with van der Waals surface area (Å²) in [5.41, 5.74) is 1.66. The van der Waals surface area contributed by atoms with E-state index in [1.165, 1.54) is 23.5 Å². The Hall–Kier alpha value is -2.28. The molecule has 2 aromatic rings. The summed E-state index contributed by atoms with van der Waals surface area (Å²) in [5, 5.41) is 10.6. The van der Waals surface area contributed by atoms with Crippen molar-refractivity contribution < 1.29 is 4.92 Å². The van der Waals surface area contributed by atoms with Gasteiger partial charge >= 0.3 is 0 Å². The second-order valence-electron chi connectivity index (χ2n) is 4.48. The fourth-order valence-corrected chi connectivity index (χ4v) is 3.25. The second-order valence-corrected chi connectivity index (χ2v) is 5.46. The van der Waals surface area contributed by atoms with Crippen molar-refractivity contribution in [2.45, 2.75) is 13.5 Å². The van der Waals surface area contributed by atoms with Crippen LogP contribution in [0.1, 0.15) is 12.5 Å². The van der Waals surface area contributed by atoms with Crippen molar-refractivity contribution in [1.29, 1.82) is 0 Å². The molecule has 1 aromatic heterocycles. The number of hydrogen-bond acceptors (Lipinski definition) is 5. The second kappa shape index (κ2) is 4.68. The van der Waals surface area contributed by atoms with Crippen LogP contribution in [-0.2, 0) is 6.54 Å². The van der Waals surface area contributed by atoms with E-state index >= 15 is 0 Å². The normalized spacial score (nSPS) is 14.7. The van der Waals surface area contributed by atoms with Crippen molar-refractivity contribution in [3.05, 3.63) is 59.6 Å². The molecule has 6 nitrogen and oxygen atoms in total. The van der Waals surface area contributed by atoms with Crippen LogP contribution in [0.4, 0.5) is 5.69 Å². The smallest absolute Gasteiger partial charge is 0.270 e. The maximum atomic E-state index is 12.2. The Morgan fingerprint density at radius 3 is 2.70 bits per heavy atom. The number of hydrogen-bond donors (Lipinski definition) is 0. The molecule has 0 atom stereocenters. The number of fused-ring (bicyclic) bond motifs is 1. The highest BCUT2D eigenvalue weighted by Crippen LogP contribution is 2.16. The number of rotatable bonds is 2. The van der Waals surface area contributed by atoms with Crippen LogP contribution in [0, 0.1) is 10.1 Å². The number of non-ortho nitro benzene ring substituents is 1. The topological polar surface area (TPSA) is 77.5 Å². The summed E-state index contributed by atoms with van der Waals surface area (Å²) >= 11 is 1.37. The van der Waals surface area contributed by atoms with Gasteiger partial charge in [-0.2, -0.15) is 0 Å². The molecular formula is C13H11N3O3S. The maximum absolute atomic E-state index is 12.2. The van der Waals surface area contributed by atoms with E-state index in [-0.39, 0.29) is 11.2 Å². The van der Waals surface area contributed by atoms with E-state index in [1.54, 1.807) is 16.7 Å². The van der Waals surface area contributed by atoms with Crippen LogP contribution in [0.2, 0.25) is 0 Å². The zero-order chi connectivity index (χ0) is 14.3. The SMILES string of the molecule is C/C(c1ccc([N+](=O)[O-])cc1)=c1/sc2n(c1=O)CCN=2. The van der Waals surface area contributed by atoms with Crippen molar-refractivity contribution in [1.82, 2.24) is 4.57 Å². The third-order valence-electron chi connectivity index (χ3n) is 3.29. The Kier molecular flexibility index (Phi) is 2.98. The number of aromatic nitrogens is 1. The molecule has 0 spiro atoms. The standard InChI is InChI=1S/C13H11N3O3S/c1-8(9-2-4-10(5-3-9)16(18)19)11-12(17)15-7-6-14-13(15)20-11/h2-5H,6-7H2,1H3/b11-8-. The molecule has 0 saturated heterocycles. The lowest BCUT2D eigenvalue weighted by atomic mass is 10.1. The van der Waals surface area contributed by atoms with Crippen molar-refractivity contribution in [3.63, 3.8) is 0 Å². The van der Waals surface area contributed by atoms with Crippen LogP contribution in [0.15, 0.2) is 34.1 Å². The Bertz CT molecular complexity index is 862. The van der Waals surface area contributed by atoms with Gasteiger partial charge in [-0.3, -0.25) is 24.5 Å². The fourth-order valence-electron chi connectivity index (χ4n) is 2.16. The summed E-state index contributed by atoms with van der Waals surface area (Å²) in [6, 6.07) is 6.23. The molecule has 0 radical (unpaired) electrons. The first-order valence-electron chi connectivity index (χ1n) is 6.08. The average Bonchev–Trinajstić information content (AvgIpc) is 3.02. The predicted octanol–water partition coefficient (Wildman–Crippen LogP) is 0.670. The van der Waals surface area contributed by atoms with Crippen LogP contribution < -0.4 is 14.9 Å². The lowest BCUT2D eigenvalue weighted by molar-refractivity contribution is -0.384. The summed E-state index contributed by atoms with van der Waals surface area (Å²) < 4.78 is 2.33. The summed E-state index contributed by atoms with van der Waals surface area (Å²) in [6.45, 7) is 3.15.